The Morgan fingerprint density at radius 3 is 2.09 bits per heavy atom. The van der Waals surface area contributed by atoms with E-state index in [0.717, 1.165) is 7.11 Å². The lowest BCUT2D eigenvalue weighted by atomic mass is 10.1. The largest absolute Gasteiger partial charge is 0.480 e. The molecule has 0 aliphatic carbocycles. The average Bonchev–Trinajstić information content (AvgIpc) is 2.42. The van der Waals surface area contributed by atoms with E-state index in [-0.39, 0.29) is 6.42 Å². The summed E-state index contributed by atoms with van der Waals surface area (Å²) >= 11 is 0. The van der Waals surface area contributed by atoms with Gasteiger partial charge in [0.05, 0.1) is 13.5 Å². The second-order valence-electron chi connectivity index (χ2n) is 5.85. The molecule has 0 saturated heterocycles. The zero-order chi connectivity index (χ0) is 18.2. The third-order valence-corrected chi connectivity index (χ3v) is 2.70. The number of methoxy groups -OCH3 is 2. The molecule has 0 rings (SSSR count). The molecule has 0 radical (unpaired) electrons. The number of ether oxygens (including phenoxy) is 3. The van der Waals surface area contributed by atoms with Gasteiger partial charge in [0.1, 0.15) is 17.7 Å². The Morgan fingerprint density at radius 2 is 1.70 bits per heavy atom. The summed E-state index contributed by atoms with van der Waals surface area (Å²) in [5.74, 6) is -2.85. The zero-order valence-corrected chi connectivity index (χ0v) is 14.0. The number of hydrogen-bond donors (Lipinski definition) is 3. The highest BCUT2D eigenvalue weighted by atomic mass is 16.6. The van der Waals surface area contributed by atoms with Crippen molar-refractivity contribution in [3.63, 3.8) is 0 Å². The summed E-state index contributed by atoms with van der Waals surface area (Å²) in [4.78, 5) is 34.7. The van der Waals surface area contributed by atoms with E-state index < -0.39 is 48.3 Å². The molecule has 0 heterocycles. The Hall–Kier alpha value is -1.71. The number of carboxylic acids is 1. The first-order valence-corrected chi connectivity index (χ1v) is 6.99. The Morgan fingerprint density at radius 1 is 1.13 bits per heavy atom. The molecule has 0 saturated carbocycles. The fourth-order valence-corrected chi connectivity index (χ4v) is 1.61. The molecular formula is C14H25NO8. The summed E-state index contributed by atoms with van der Waals surface area (Å²) < 4.78 is 14.3. The summed E-state index contributed by atoms with van der Waals surface area (Å²) in [5, 5.41) is 21.2. The average molecular weight is 335 g/mol. The number of esters is 2. The topological polar surface area (TPSA) is 131 Å². The maximum Gasteiger partial charge on any atom is 0.323 e. The van der Waals surface area contributed by atoms with Crippen LogP contribution in [0, 0.1) is 0 Å². The Kier molecular flexibility index (Phi) is 8.73. The summed E-state index contributed by atoms with van der Waals surface area (Å²) in [6, 6.07) is -2.54. The molecular weight excluding hydrogens is 310 g/mol. The molecule has 0 fully saturated rings. The Balaban J connectivity index is 5.12. The van der Waals surface area contributed by atoms with Gasteiger partial charge in [0, 0.05) is 13.5 Å². The molecule has 0 aromatic heterocycles. The van der Waals surface area contributed by atoms with Crippen molar-refractivity contribution in [3.05, 3.63) is 0 Å². The van der Waals surface area contributed by atoms with Crippen molar-refractivity contribution in [2.75, 3.05) is 14.2 Å². The number of aliphatic carboxylic acids is 1. The molecule has 0 aromatic rings. The predicted octanol–water partition coefficient (Wildman–Crippen LogP) is -0.342. The molecule has 0 aliphatic heterocycles. The van der Waals surface area contributed by atoms with Crippen LogP contribution in [0.4, 0.5) is 0 Å². The third kappa shape index (κ3) is 9.11. The molecule has 134 valence electrons. The van der Waals surface area contributed by atoms with E-state index in [1.807, 2.05) is 0 Å². The van der Waals surface area contributed by atoms with E-state index in [1.165, 1.54) is 7.11 Å². The number of hydrogen-bond acceptors (Lipinski definition) is 8. The summed E-state index contributed by atoms with van der Waals surface area (Å²) in [7, 11) is 2.36. The molecule has 9 nitrogen and oxygen atoms in total. The van der Waals surface area contributed by atoms with Crippen molar-refractivity contribution < 1.29 is 38.8 Å². The van der Waals surface area contributed by atoms with Crippen LogP contribution in [0.25, 0.3) is 0 Å². The van der Waals surface area contributed by atoms with Crippen molar-refractivity contribution in [2.24, 2.45) is 0 Å². The van der Waals surface area contributed by atoms with Gasteiger partial charge in [-0.25, -0.2) is 0 Å². The van der Waals surface area contributed by atoms with E-state index in [1.54, 1.807) is 20.8 Å². The first-order valence-electron chi connectivity index (χ1n) is 6.99. The minimum absolute atomic E-state index is 0.240. The van der Waals surface area contributed by atoms with E-state index in [9.17, 15) is 19.5 Å². The lowest BCUT2D eigenvalue weighted by Gasteiger charge is -2.27. The monoisotopic (exact) mass is 335 g/mol. The number of carbonyl (C=O) groups excluding carboxylic acids is 2. The van der Waals surface area contributed by atoms with Gasteiger partial charge in [-0.1, -0.05) is 0 Å². The van der Waals surface area contributed by atoms with Crippen molar-refractivity contribution >= 4 is 17.9 Å². The van der Waals surface area contributed by atoms with E-state index in [2.05, 4.69) is 14.8 Å². The molecule has 0 bridgehead atoms. The second kappa shape index (κ2) is 9.43. The molecule has 3 N–H and O–H groups in total. The van der Waals surface area contributed by atoms with Gasteiger partial charge in [0.25, 0.3) is 0 Å². The molecule has 0 aliphatic rings. The Bertz CT molecular complexity index is 417. The number of carboxylic acid groups (broad SMARTS) is 1. The fourth-order valence-electron chi connectivity index (χ4n) is 1.61. The molecule has 0 unspecified atom stereocenters. The predicted molar refractivity (Wildman–Crippen MR) is 78.5 cm³/mol. The number of aliphatic hydroxyl groups excluding tert-OH is 1. The van der Waals surface area contributed by atoms with Crippen LogP contribution in [-0.2, 0) is 28.6 Å². The highest BCUT2D eigenvalue weighted by molar-refractivity contribution is 5.83. The van der Waals surface area contributed by atoms with Gasteiger partial charge in [-0.05, 0) is 20.8 Å². The van der Waals surface area contributed by atoms with Crippen molar-refractivity contribution in [1.29, 1.82) is 0 Å². The van der Waals surface area contributed by atoms with Crippen LogP contribution in [0.1, 0.15) is 33.6 Å². The molecule has 0 aromatic carbocycles. The molecule has 9 heteroatoms. The van der Waals surface area contributed by atoms with E-state index in [4.69, 9.17) is 9.84 Å². The molecule has 0 amide bonds. The van der Waals surface area contributed by atoms with Crippen LogP contribution < -0.4 is 5.32 Å². The van der Waals surface area contributed by atoms with Gasteiger partial charge < -0.3 is 24.4 Å². The molecule has 23 heavy (non-hydrogen) atoms. The number of carbonyl (C=O) groups is 3. The SMILES string of the molecule is COC(=O)C[C@@H](N[C@H](C[C@H](O)OC)C(=O)OC(C)(C)C)C(=O)O. The number of rotatable bonds is 9. The second-order valence-corrected chi connectivity index (χ2v) is 5.85. The quantitative estimate of drug-likeness (QED) is 0.382. The van der Waals surface area contributed by atoms with Gasteiger partial charge in [-0.3, -0.25) is 19.7 Å². The van der Waals surface area contributed by atoms with Crippen LogP contribution in [-0.4, -0.2) is 66.3 Å². The van der Waals surface area contributed by atoms with Crippen LogP contribution in [0.5, 0.6) is 0 Å². The van der Waals surface area contributed by atoms with Crippen LogP contribution >= 0.6 is 0 Å². The van der Waals surface area contributed by atoms with E-state index in [0.29, 0.717) is 0 Å². The van der Waals surface area contributed by atoms with Crippen molar-refractivity contribution in [3.8, 4) is 0 Å². The lowest BCUT2D eigenvalue weighted by Crippen LogP contribution is -2.51. The normalized spacial score (nSPS) is 15.4. The third-order valence-electron chi connectivity index (χ3n) is 2.70. The summed E-state index contributed by atoms with van der Waals surface area (Å²) in [6.45, 7) is 4.95. The van der Waals surface area contributed by atoms with Gasteiger partial charge in [-0.2, -0.15) is 0 Å². The van der Waals surface area contributed by atoms with Crippen LogP contribution in [0.3, 0.4) is 0 Å². The van der Waals surface area contributed by atoms with E-state index >= 15 is 0 Å². The first-order chi connectivity index (χ1) is 10.5. The maximum absolute atomic E-state index is 12.2. The Labute approximate surface area is 134 Å². The van der Waals surface area contributed by atoms with Gasteiger partial charge in [-0.15, -0.1) is 0 Å². The van der Waals surface area contributed by atoms with Gasteiger partial charge in [0.2, 0.25) is 0 Å². The van der Waals surface area contributed by atoms with Gasteiger partial charge in [0.15, 0.2) is 6.29 Å². The maximum atomic E-state index is 12.2. The standard InChI is InChI=1S/C14H25NO8/c1-14(2,3)23-13(20)9(7-11(17)22-5)15-8(12(18)19)6-10(16)21-4/h8-9,11,15,17H,6-7H2,1-5H3,(H,18,19)/t8-,9-,11-/m1/s1. The van der Waals surface area contributed by atoms with Crippen molar-refractivity contribution in [1.82, 2.24) is 5.32 Å². The minimum atomic E-state index is -1.37. The fraction of sp³-hybridized carbons (Fsp3) is 0.786. The zero-order valence-electron chi connectivity index (χ0n) is 14.0. The molecule has 0 spiro atoms. The lowest BCUT2D eigenvalue weighted by molar-refractivity contribution is -0.163. The summed E-state index contributed by atoms with van der Waals surface area (Å²) in [6.07, 6.45) is -2.02. The highest BCUT2D eigenvalue weighted by Crippen LogP contribution is 2.12. The highest BCUT2D eigenvalue weighted by Gasteiger charge is 2.32. The smallest absolute Gasteiger partial charge is 0.323 e. The number of nitrogens with one attached hydrogen (secondary N) is 1. The minimum Gasteiger partial charge on any atom is -0.480 e. The van der Waals surface area contributed by atoms with Gasteiger partial charge >= 0.3 is 17.9 Å². The summed E-state index contributed by atoms with van der Waals surface area (Å²) in [5.41, 5.74) is -0.796. The van der Waals surface area contributed by atoms with Crippen molar-refractivity contribution in [2.45, 2.75) is 57.6 Å². The molecule has 3 atom stereocenters. The van der Waals surface area contributed by atoms with Crippen LogP contribution in [0.2, 0.25) is 0 Å². The van der Waals surface area contributed by atoms with Crippen LogP contribution in [0.15, 0.2) is 0 Å². The first kappa shape index (κ1) is 21.3. The number of aliphatic hydroxyl groups is 1.